The Kier molecular flexibility index (Phi) is 2.62. The van der Waals surface area contributed by atoms with E-state index in [1.165, 1.54) is 6.33 Å². The number of guanidine groups is 1. The Hall–Kier alpha value is -1.59. The molecule has 4 N–H and O–H groups in total. The molecule has 0 aromatic carbocycles. The average Bonchev–Trinajstić information content (AvgIpc) is 2.37. The molecule has 1 unspecified atom stereocenters. The predicted molar refractivity (Wildman–Crippen MR) is 45.3 cm³/mol. The van der Waals surface area contributed by atoms with E-state index < -0.39 is 0 Å². The summed E-state index contributed by atoms with van der Waals surface area (Å²) in [5, 5.41) is 3.92. The highest BCUT2D eigenvalue weighted by Gasteiger charge is 2.00. The molecule has 0 aliphatic carbocycles. The normalized spacial score (nSPS) is 12.4. The number of aliphatic imine (C=N–C) groups is 1. The first-order chi connectivity index (χ1) is 5.68. The second-order valence-electron chi connectivity index (χ2n) is 2.52. The summed E-state index contributed by atoms with van der Waals surface area (Å²) in [6, 6.07) is 0.0247. The van der Waals surface area contributed by atoms with Crippen molar-refractivity contribution < 1.29 is 0 Å². The zero-order valence-electron chi connectivity index (χ0n) is 6.88. The number of nitrogens with two attached hydrogens (primary N) is 2. The maximum Gasteiger partial charge on any atom is 0.186 e. The van der Waals surface area contributed by atoms with Gasteiger partial charge in [-0.3, -0.25) is 4.68 Å². The molecule has 1 heterocycles. The third kappa shape index (κ3) is 2.57. The van der Waals surface area contributed by atoms with Crippen molar-refractivity contribution in [2.45, 2.75) is 19.5 Å². The second-order valence-corrected chi connectivity index (χ2v) is 2.52. The van der Waals surface area contributed by atoms with Crippen molar-refractivity contribution in [1.82, 2.24) is 14.8 Å². The van der Waals surface area contributed by atoms with Crippen LogP contribution in [0.3, 0.4) is 0 Å². The summed E-state index contributed by atoms with van der Waals surface area (Å²) >= 11 is 0. The molecule has 0 aliphatic rings. The topological polar surface area (TPSA) is 95.1 Å². The minimum atomic E-state index is 0.0247. The SMILES string of the molecule is CC(Cn1cncn1)N=C(N)N. The Labute approximate surface area is 70.3 Å². The minimum Gasteiger partial charge on any atom is -0.370 e. The highest BCUT2D eigenvalue weighted by Crippen LogP contribution is 1.92. The summed E-state index contributed by atoms with van der Waals surface area (Å²) in [4.78, 5) is 7.73. The van der Waals surface area contributed by atoms with Crippen LogP contribution < -0.4 is 11.5 Å². The first-order valence-electron chi connectivity index (χ1n) is 3.59. The molecule has 66 valence electrons. The van der Waals surface area contributed by atoms with Crippen LogP contribution in [0.1, 0.15) is 6.92 Å². The highest BCUT2D eigenvalue weighted by molar-refractivity contribution is 5.75. The standard InChI is InChI=1S/C6H12N6/c1-5(11-6(7)8)2-12-4-9-3-10-12/h3-5H,2H2,1H3,(H4,7,8,11). The van der Waals surface area contributed by atoms with Crippen LogP contribution in [0.4, 0.5) is 0 Å². The lowest BCUT2D eigenvalue weighted by atomic mass is 10.3. The maximum atomic E-state index is 5.20. The molecular weight excluding hydrogens is 156 g/mol. The molecule has 1 aromatic rings. The van der Waals surface area contributed by atoms with E-state index in [0.29, 0.717) is 6.54 Å². The smallest absolute Gasteiger partial charge is 0.186 e. The van der Waals surface area contributed by atoms with Gasteiger partial charge in [0.1, 0.15) is 12.7 Å². The molecule has 0 aliphatic heterocycles. The van der Waals surface area contributed by atoms with Crippen LogP contribution in [0.5, 0.6) is 0 Å². The van der Waals surface area contributed by atoms with Gasteiger partial charge in [0.15, 0.2) is 5.96 Å². The molecule has 12 heavy (non-hydrogen) atoms. The van der Waals surface area contributed by atoms with Gasteiger partial charge in [0.05, 0.1) is 12.6 Å². The van der Waals surface area contributed by atoms with Crippen LogP contribution >= 0.6 is 0 Å². The van der Waals surface area contributed by atoms with Crippen molar-refractivity contribution in [3.8, 4) is 0 Å². The van der Waals surface area contributed by atoms with Crippen LogP contribution in [-0.2, 0) is 6.54 Å². The molecule has 0 saturated heterocycles. The third-order valence-electron chi connectivity index (χ3n) is 1.29. The molecule has 0 spiro atoms. The van der Waals surface area contributed by atoms with E-state index in [1.807, 2.05) is 6.92 Å². The molecule has 6 heteroatoms. The third-order valence-corrected chi connectivity index (χ3v) is 1.29. The van der Waals surface area contributed by atoms with Gasteiger partial charge in [-0.15, -0.1) is 0 Å². The van der Waals surface area contributed by atoms with Crippen LogP contribution in [-0.4, -0.2) is 26.8 Å². The van der Waals surface area contributed by atoms with E-state index in [-0.39, 0.29) is 12.0 Å². The van der Waals surface area contributed by atoms with E-state index in [1.54, 1.807) is 11.0 Å². The number of hydrogen-bond acceptors (Lipinski definition) is 3. The number of aromatic nitrogens is 3. The van der Waals surface area contributed by atoms with Gasteiger partial charge >= 0.3 is 0 Å². The Morgan fingerprint density at radius 3 is 2.92 bits per heavy atom. The molecule has 0 saturated carbocycles. The predicted octanol–water partition coefficient (Wildman–Crippen LogP) is -1.06. The molecule has 6 nitrogen and oxygen atoms in total. The molecular formula is C6H12N6. The first-order valence-corrected chi connectivity index (χ1v) is 3.59. The van der Waals surface area contributed by atoms with E-state index >= 15 is 0 Å². The fourth-order valence-corrected chi connectivity index (χ4v) is 0.893. The van der Waals surface area contributed by atoms with Crippen molar-refractivity contribution in [2.75, 3.05) is 0 Å². The fraction of sp³-hybridized carbons (Fsp3) is 0.500. The summed E-state index contributed by atoms with van der Waals surface area (Å²) in [7, 11) is 0. The average molecular weight is 168 g/mol. The quantitative estimate of drug-likeness (QED) is 0.444. The monoisotopic (exact) mass is 168 g/mol. The van der Waals surface area contributed by atoms with E-state index in [0.717, 1.165) is 0 Å². The molecule has 0 radical (unpaired) electrons. The molecule has 0 bridgehead atoms. The zero-order valence-corrected chi connectivity index (χ0v) is 6.88. The summed E-state index contributed by atoms with van der Waals surface area (Å²) in [6.07, 6.45) is 3.10. The van der Waals surface area contributed by atoms with Crippen LogP contribution in [0, 0.1) is 0 Å². The Bertz CT molecular complexity index is 247. The molecule has 0 amide bonds. The maximum absolute atomic E-state index is 5.20. The highest BCUT2D eigenvalue weighted by atomic mass is 15.3. The van der Waals surface area contributed by atoms with Crippen LogP contribution in [0.2, 0.25) is 0 Å². The van der Waals surface area contributed by atoms with Gasteiger partial charge in [-0.25, -0.2) is 9.98 Å². The number of rotatable bonds is 3. The minimum absolute atomic E-state index is 0.0247. The van der Waals surface area contributed by atoms with Crippen molar-refractivity contribution >= 4 is 5.96 Å². The zero-order chi connectivity index (χ0) is 8.97. The van der Waals surface area contributed by atoms with Gasteiger partial charge in [-0.05, 0) is 6.92 Å². The van der Waals surface area contributed by atoms with Gasteiger partial charge in [0.25, 0.3) is 0 Å². The molecule has 0 fully saturated rings. The van der Waals surface area contributed by atoms with E-state index in [4.69, 9.17) is 11.5 Å². The molecule has 1 rings (SSSR count). The Morgan fingerprint density at radius 1 is 1.67 bits per heavy atom. The van der Waals surface area contributed by atoms with Crippen LogP contribution in [0.15, 0.2) is 17.6 Å². The lowest BCUT2D eigenvalue weighted by Gasteiger charge is -2.05. The lowest BCUT2D eigenvalue weighted by molar-refractivity contribution is 0.538. The lowest BCUT2D eigenvalue weighted by Crippen LogP contribution is -2.26. The molecule has 1 aromatic heterocycles. The van der Waals surface area contributed by atoms with Gasteiger partial charge in [0, 0.05) is 0 Å². The van der Waals surface area contributed by atoms with Gasteiger partial charge in [0.2, 0.25) is 0 Å². The van der Waals surface area contributed by atoms with Crippen molar-refractivity contribution in [3.63, 3.8) is 0 Å². The number of nitrogens with zero attached hydrogens (tertiary/aromatic N) is 4. The van der Waals surface area contributed by atoms with Gasteiger partial charge < -0.3 is 11.5 Å². The number of hydrogen-bond donors (Lipinski definition) is 2. The Balaban J connectivity index is 2.47. The van der Waals surface area contributed by atoms with Gasteiger partial charge in [-0.2, -0.15) is 5.10 Å². The van der Waals surface area contributed by atoms with Crippen LogP contribution in [0.25, 0.3) is 0 Å². The van der Waals surface area contributed by atoms with Gasteiger partial charge in [-0.1, -0.05) is 0 Å². The first kappa shape index (κ1) is 8.51. The van der Waals surface area contributed by atoms with Crippen molar-refractivity contribution in [2.24, 2.45) is 16.5 Å². The van der Waals surface area contributed by atoms with Crippen molar-refractivity contribution in [3.05, 3.63) is 12.7 Å². The Morgan fingerprint density at radius 2 is 2.42 bits per heavy atom. The van der Waals surface area contributed by atoms with Crippen molar-refractivity contribution in [1.29, 1.82) is 0 Å². The molecule has 1 atom stereocenters. The van der Waals surface area contributed by atoms with E-state index in [2.05, 4.69) is 15.1 Å². The summed E-state index contributed by atoms with van der Waals surface area (Å²) in [5.74, 6) is 0.0996. The van der Waals surface area contributed by atoms with E-state index in [9.17, 15) is 0 Å². The summed E-state index contributed by atoms with van der Waals surface area (Å²) in [6.45, 7) is 2.54. The summed E-state index contributed by atoms with van der Waals surface area (Å²) in [5.41, 5.74) is 10.4. The fourth-order valence-electron chi connectivity index (χ4n) is 0.893. The largest absolute Gasteiger partial charge is 0.370 e. The second kappa shape index (κ2) is 3.70. The summed E-state index contributed by atoms with van der Waals surface area (Å²) < 4.78 is 1.68.